The Morgan fingerprint density at radius 3 is 1.62 bits per heavy atom. The van der Waals surface area contributed by atoms with Gasteiger partial charge in [0, 0.05) is 45.1 Å². The number of hydrogen-bond acceptors (Lipinski definition) is 5. The van der Waals surface area contributed by atoms with Crippen molar-refractivity contribution in [3.05, 3.63) is 249 Å². The molecule has 0 amide bonds. The van der Waals surface area contributed by atoms with Crippen LogP contribution in [0.5, 0.6) is 0 Å². The molecule has 0 aliphatic rings. The summed E-state index contributed by atoms with van der Waals surface area (Å²) in [5.41, 5.74) is 9.89. The average molecular weight is 900 g/mol. The fourth-order valence-corrected chi connectivity index (χ4v) is 15.2. The van der Waals surface area contributed by atoms with Gasteiger partial charge in [-0.05, 0) is 73.3 Å². The van der Waals surface area contributed by atoms with Gasteiger partial charge >= 0.3 is 0 Å². The van der Waals surface area contributed by atoms with Gasteiger partial charge in [-0.2, -0.15) is 9.97 Å². The molecule has 4 heterocycles. The molecular formula is C62H41N5OSi. The smallest absolute Gasteiger partial charge is 0.238 e. The lowest BCUT2D eigenvalue weighted by Crippen LogP contribution is -2.74. The first kappa shape index (κ1) is 40.2. The van der Waals surface area contributed by atoms with Gasteiger partial charge in [0.25, 0.3) is 0 Å². The number of para-hydroxylation sites is 1. The molecule has 0 fully saturated rings. The fraction of sp³-hybridized carbons (Fsp3) is 0. The van der Waals surface area contributed by atoms with Crippen molar-refractivity contribution in [2.45, 2.75) is 0 Å². The van der Waals surface area contributed by atoms with E-state index in [1.165, 1.54) is 31.9 Å². The second-order valence-electron chi connectivity index (χ2n) is 17.4. The van der Waals surface area contributed by atoms with Crippen LogP contribution in [0.3, 0.4) is 0 Å². The Balaban J connectivity index is 1.04. The Bertz CT molecular complexity index is 3910. The summed E-state index contributed by atoms with van der Waals surface area (Å²) < 4.78 is 8.58. The van der Waals surface area contributed by atoms with Crippen molar-refractivity contribution in [2.24, 2.45) is 0 Å². The number of benzene rings is 9. The fourth-order valence-electron chi connectivity index (χ4n) is 10.4. The Morgan fingerprint density at radius 1 is 0.362 bits per heavy atom. The molecule has 0 bridgehead atoms. The van der Waals surface area contributed by atoms with Crippen LogP contribution in [0, 0.1) is 0 Å². The highest BCUT2D eigenvalue weighted by Gasteiger charge is 2.41. The zero-order chi connectivity index (χ0) is 45.7. The molecule has 13 aromatic rings. The molecule has 69 heavy (non-hydrogen) atoms. The maximum Gasteiger partial charge on any atom is 0.238 e. The molecular weight excluding hydrogens is 859 g/mol. The summed E-state index contributed by atoms with van der Waals surface area (Å²) in [7, 11) is -2.89. The van der Waals surface area contributed by atoms with Gasteiger partial charge in [-0.15, -0.1) is 0 Å². The molecule has 4 aromatic heterocycles. The minimum Gasteiger partial charge on any atom is -0.456 e. The quantitative estimate of drug-likeness (QED) is 0.107. The highest BCUT2D eigenvalue weighted by molar-refractivity contribution is 7.19. The number of fused-ring (bicyclic) bond motifs is 6. The Kier molecular flexibility index (Phi) is 9.73. The van der Waals surface area contributed by atoms with E-state index in [9.17, 15) is 0 Å². The molecule has 9 aromatic carbocycles. The summed E-state index contributed by atoms with van der Waals surface area (Å²) in [6.07, 6.45) is 3.62. The van der Waals surface area contributed by atoms with E-state index < -0.39 is 8.07 Å². The Labute approximate surface area is 399 Å². The maximum atomic E-state index is 6.39. The third kappa shape index (κ3) is 6.78. The van der Waals surface area contributed by atoms with Crippen LogP contribution < -0.4 is 20.7 Å². The summed E-state index contributed by atoms with van der Waals surface area (Å²) in [6, 6.07) is 84.4. The predicted molar refractivity (Wildman–Crippen MR) is 285 cm³/mol. The first-order chi connectivity index (χ1) is 34.2. The number of pyridine rings is 1. The van der Waals surface area contributed by atoms with Crippen LogP contribution in [0.1, 0.15) is 0 Å². The molecule has 0 radical (unpaired) electrons. The van der Waals surface area contributed by atoms with Crippen LogP contribution in [0.4, 0.5) is 0 Å². The molecule has 13 rings (SSSR count). The first-order valence-corrected chi connectivity index (χ1v) is 25.2. The highest BCUT2D eigenvalue weighted by atomic mass is 28.3. The van der Waals surface area contributed by atoms with E-state index in [4.69, 9.17) is 19.4 Å². The van der Waals surface area contributed by atoms with Gasteiger partial charge < -0.3 is 4.42 Å². The Morgan fingerprint density at radius 2 is 0.913 bits per heavy atom. The Hall–Kier alpha value is -9.04. The third-order valence-corrected chi connectivity index (χ3v) is 18.3. The van der Waals surface area contributed by atoms with Crippen molar-refractivity contribution < 1.29 is 4.42 Å². The molecule has 0 spiro atoms. The van der Waals surface area contributed by atoms with Crippen molar-refractivity contribution in [2.75, 3.05) is 0 Å². The highest BCUT2D eigenvalue weighted by Crippen LogP contribution is 2.38. The molecule has 7 heteroatoms. The zero-order valence-corrected chi connectivity index (χ0v) is 38.3. The van der Waals surface area contributed by atoms with Gasteiger partial charge in [-0.3, -0.25) is 9.55 Å². The predicted octanol–water partition coefficient (Wildman–Crippen LogP) is 12.3. The van der Waals surface area contributed by atoms with Crippen LogP contribution in [0.2, 0.25) is 0 Å². The molecule has 0 aliphatic heterocycles. The molecule has 0 saturated heterocycles. The van der Waals surface area contributed by atoms with Crippen molar-refractivity contribution in [3.8, 4) is 51.0 Å². The van der Waals surface area contributed by atoms with Crippen LogP contribution in [-0.4, -0.2) is 32.6 Å². The first-order valence-electron chi connectivity index (χ1n) is 23.2. The van der Waals surface area contributed by atoms with Gasteiger partial charge in [0.2, 0.25) is 5.95 Å². The van der Waals surface area contributed by atoms with E-state index in [0.29, 0.717) is 17.6 Å². The number of furan rings is 1. The van der Waals surface area contributed by atoms with Crippen LogP contribution >= 0.6 is 0 Å². The van der Waals surface area contributed by atoms with Crippen LogP contribution in [0.15, 0.2) is 253 Å². The van der Waals surface area contributed by atoms with Gasteiger partial charge in [0.1, 0.15) is 11.2 Å². The standard InChI is InChI=1S/C62H41N5OSi/c1-5-17-42(18-6-1)43-31-33-44(34-32-43)45-35-36-56-53(40-45)51-27-13-14-29-55(51)67(56)62-65-60(64-61(66-62)52-28-16-30-58-59(52)54-41-63-38-37-57(54)68-58)46-19-15-26-50(39-46)69(47-20-7-2-8-21-47,48-22-9-3-10-23-48)49-24-11-4-12-25-49/h1-41H. The number of rotatable bonds is 9. The summed E-state index contributed by atoms with van der Waals surface area (Å²) in [4.78, 5) is 20.8. The van der Waals surface area contributed by atoms with E-state index in [1.54, 1.807) is 6.20 Å². The number of nitrogens with zero attached hydrogens (tertiary/aromatic N) is 5. The lowest BCUT2D eigenvalue weighted by Gasteiger charge is -2.34. The van der Waals surface area contributed by atoms with E-state index >= 15 is 0 Å². The average Bonchev–Trinajstić information content (AvgIpc) is 3.98. The molecule has 324 valence electrons. The van der Waals surface area contributed by atoms with Gasteiger partial charge in [-0.1, -0.05) is 206 Å². The summed E-state index contributed by atoms with van der Waals surface area (Å²) in [5.74, 6) is 1.63. The molecule has 0 aliphatic carbocycles. The molecule has 0 saturated carbocycles. The number of hydrogen-bond donors (Lipinski definition) is 0. The zero-order valence-electron chi connectivity index (χ0n) is 37.3. The van der Waals surface area contributed by atoms with Gasteiger partial charge in [0.05, 0.1) is 11.0 Å². The van der Waals surface area contributed by atoms with Crippen LogP contribution in [0.25, 0.3) is 94.7 Å². The van der Waals surface area contributed by atoms with Gasteiger partial charge in [-0.25, -0.2) is 4.98 Å². The van der Waals surface area contributed by atoms with Crippen molar-refractivity contribution >= 4 is 72.6 Å². The number of aromatic nitrogens is 5. The summed E-state index contributed by atoms with van der Waals surface area (Å²) >= 11 is 0. The molecule has 0 unspecified atom stereocenters. The van der Waals surface area contributed by atoms with Gasteiger partial charge in [0.15, 0.2) is 19.7 Å². The molecule has 6 nitrogen and oxygen atoms in total. The minimum atomic E-state index is -2.89. The lowest BCUT2D eigenvalue weighted by atomic mass is 9.99. The molecule has 0 atom stereocenters. The topological polar surface area (TPSA) is 69.6 Å². The second-order valence-corrected chi connectivity index (χ2v) is 21.2. The SMILES string of the molecule is c1ccc(-c2ccc(-c3ccc4c(c3)c3ccccc3n4-c3nc(-c4cccc([Si](c5ccccc5)(c5ccccc5)c5ccccc5)c4)nc(-c4cccc5oc6ccncc6c45)n3)cc2)cc1. The lowest BCUT2D eigenvalue weighted by molar-refractivity contribution is 0.668. The summed E-state index contributed by atoms with van der Waals surface area (Å²) in [6.45, 7) is 0. The normalized spacial score (nSPS) is 11.8. The second kappa shape index (κ2) is 16.7. The monoisotopic (exact) mass is 899 g/mol. The molecule has 0 N–H and O–H groups in total. The van der Waals surface area contributed by atoms with E-state index in [1.807, 2.05) is 24.4 Å². The van der Waals surface area contributed by atoms with E-state index in [-0.39, 0.29) is 0 Å². The van der Waals surface area contributed by atoms with E-state index in [0.717, 1.165) is 66.0 Å². The third-order valence-electron chi connectivity index (χ3n) is 13.5. The maximum absolute atomic E-state index is 6.39. The summed E-state index contributed by atoms with van der Waals surface area (Å²) in [5, 5.41) is 9.13. The van der Waals surface area contributed by atoms with Crippen molar-refractivity contribution in [3.63, 3.8) is 0 Å². The minimum absolute atomic E-state index is 0.521. The van der Waals surface area contributed by atoms with Crippen molar-refractivity contribution in [1.82, 2.24) is 24.5 Å². The van der Waals surface area contributed by atoms with Crippen LogP contribution in [-0.2, 0) is 0 Å². The van der Waals surface area contributed by atoms with Crippen molar-refractivity contribution in [1.29, 1.82) is 0 Å². The van der Waals surface area contributed by atoms with E-state index in [2.05, 4.69) is 228 Å². The largest absolute Gasteiger partial charge is 0.456 e.